The zero-order valence-corrected chi connectivity index (χ0v) is 12.4. The first-order valence-corrected chi connectivity index (χ1v) is 7.38. The minimum Gasteiger partial charge on any atom is -0.377 e. The molecule has 20 heavy (non-hydrogen) atoms. The van der Waals surface area contributed by atoms with E-state index in [1.54, 1.807) is 7.11 Å². The monoisotopic (exact) mass is 279 g/mol. The van der Waals surface area contributed by atoms with Crippen LogP contribution in [0.5, 0.6) is 0 Å². The summed E-state index contributed by atoms with van der Waals surface area (Å²) >= 11 is 0. The van der Waals surface area contributed by atoms with E-state index >= 15 is 0 Å². The number of anilines is 2. The molecule has 0 amide bonds. The van der Waals surface area contributed by atoms with Crippen LogP contribution in [-0.4, -0.2) is 29.7 Å². The van der Waals surface area contributed by atoms with Crippen molar-refractivity contribution >= 4 is 11.6 Å². The lowest BCUT2D eigenvalue weighted by Gasteiger charge is -2.30. The van der Waals surface area contributed by atoms with Crippen molar-refractivity contribution in [2.45, 2.75) is 51.7 Å². The van der Waals surface area contributed by atoms with Crippen molar-refractivity contribution in [3.05, 3.63) is 11.9 Å². The summed E-state index contributed by atoms with van der Waals surface area (Å²) in [7, 11) is 1.65. The van der Waals surface area contributed by atoms with E-state index in [4.69, 9.17) is 10.6 Å². The van der Waals surface area contributed by atoms with Gasteiger partial charge in [-0.2, -0.15) is 0 Å². The summed E-state index contributed by atoms with van der Waals surface area (Å²) in [6, 6.07) is 2.47. The van der Waals surface area contributed by atoms with Gasteiger partial charge in [0, 0.05) is 25.8 Å². The summed E-state index contributed by atoms with van der Waals surface area (Å²) in [6.07, 6.45) is 6.17. The molecule has 2 rings (SSSR count). The lowest BCUT2D eigenvalue weighted by molar-refractivity contribution is 0.178. The summed E-state index contributed by atoms with van der Waals surface area (Å²) in [5.41, 5.74) is 2.62. The molecule has 1 aliphatic rings. The molecular formula is C14H25N5O. The lowest BCUT2D eigenvalue weighted by Crippen LogP contribution is -2.35. The zero-order valence-electron chi connectivity index (χ0n) is 12.4. The number of rotatable bonds is 5. The van der Waals surface area contributed by atoms with E-state index in [2.05, 4.69) is 27.2 Å². The number of nitrogen functional groups attached to an aromatic ring is 1. The van der Waals surface area contributed by atoms with Crippen LogP contribution < -0.4 is 16.2 Å². The van der Waals surface area contributed by atoms with Gasteiger partial charge in [0.2, 0.25) is 0 Å². The normalized spacial score (nSPS) is 19.8. The second-order valence-electron chi connectivity index (χ2n) is 5.21. The number of hydrogen-bond donors (Lipinski definition) is 2. The molecule has 1 atom stereocenters. The number of hydrogen-bond acceptors (Lipinski definition) is 6. The molecule has 1 aliphatic heterocycles. The molecule has 112 valence electrons. The number of hydrazine groups is 1. The van der Waals surface area contributed by atoms with E-state index in [0.29, 0.717) is 24.3 Å². The van der Waals surface area contributed by atoms with E-state index in [9.17, 15) is 0 Å². The fraction of sp³-hybridized carbons (Fsp3) is 0.714. The Balaban J connectivity index is 2.30. The molecule has 0 bridgehead atoms. The van der Waals surface area contributed by atoms with Crippen LogP contribution in [0.1, 0.15) is 44.9 Å². The van der Waals surface area contributed by atoms with Crippen LogP contribution in [-0.2, 0) is 11.3 Å². The molecule has 1 unspecified atom stereocenters. The highest BCUT2D eigenvalue weighted by Gasteiger charge is 2.21. The average Bonchev–Trinajstić information content (AvgIpc) is 2.72. The van der Waals surface area contributed by atoms with Gasteiger partial charge in [-0.05, 0) is 19.3 Å². The van der Waals surface area contributed by atoms with Crippen LogP contribution >= 0.6 is 0 Å². The topological polar surface area (TPSA) is 76.3 Å². The van der Waals surface area contributed by atoms with Crippen LogP contribution in [0.2, 0.25) is 0 Å². The van der Waals surface area contributed by atoms with Gasteiger partial charge in [0.05, 0.1) is 0 Å². The third-order valence-electron chi connectivity index (χ3n) is 3.82. The quantitative estimate of drug-likeness (QED) is 0.635. The van der Waals surface area contributed by atoms with Gasteiger partial charge < -0.3 is 15.1 Å². The van der Waals surface area contributed by atoms with Crippen LogP contribution in [0.15, 0.2) is 6.07 Å². The molecule has 0 spiro atoms. The van der Waals surface area contributed by atoms with Gasteiger partial charge in [-0.15, -0.1) is 0 Å². The van der Waals surface area contributed by atoms with Crippen LogP contribution in [0, 0.1) is 0 Å². The summed E-state index contributed by atoms with van der Waals surface area (Å²) in [4.78, 5) is 11.3. The van der Waals surface area contributed by atoms with E-state index in [1.807, 2.05) is 6.07 Å². The summed E-state index contributed by atoms with van der Waals surface area (Å²) in [5.74, 6) is 7.77. The Morgan fingerprint density at radius 3 is 2.95 bits per heavy atom. The van der Waals surface area contributed by atoms with Crippen molar-refractivity contribution in [2.75, 3.05) is 24.0 Å². The smallest absolute Gasteiger partial charge is 0.158 e. The maximum Gasteiger partial charge on any atom is 0.158 e. The van der Waals surface area contributed by atoms with Crippen LogP contribution in [0.4, 0.5) is 11.6 Å². The van der Waals surface area contributed by atoms with Gasteiger partial charge in [-0.25, -0.2) is 15.8 Å². The highest BCUT2D eigenvalue weighted by Crippen LogP contribution is 2.25. The molecule has 1 aromatic heterocycles. The fourth-order valence-electron chi connectivity index (χ4n) is 2.80. The van der Waals surface area contributed by atoms with Gasteiger partial charge in [0.15, 0.2) is 5.82 Å². The first-order valence-electron chi connectivity index (χ1n) is 7.38. The van der Waals surface area contributed by atoms with Crippen LogP contribution in [0.3, 0.4) is 0 Å². The Morgan fingerprint density at radius 1 is 1.40 bits per heavy atom. The maximum atomic E-state index is 5.51. The van der Waals surface area contributed by atoms with Crippen LogP contribution in [0.25, 0.3) is 0 Å². The minimum absolute atomic E-state index is 0.396. The number of methoxy groups -OCH3 is 1. The maximum absolute atomic E-state index is 5.51. The standard InChI is InChI=1S/C14H25N5O/c1-3-11-7-5-4-6-8-19(11)14-9-12(18-15)16-13(17-14)10-20-2/h9,11H,3-8,10,15H2,1-2H3,(H,16,17,18). The number of nitrogens with two attached hydrogens (primary N) is 1. The largest absolute Gasteiger partial charge is 0.377 e. The molecule has 2 heterocycles. The first-order chi connectivity index (χ1) is 9.78. The lowest BCUT2D eigenvalue weighted by atomic mass is 10.1. The number of nitrogens with zero attached hydrogens (tertiary/aromatic N) is 3. The predicted octanol–water partition coefficient (Wildman–Crippen LogP) is 2.07. The van der Waals surface area contributed by atoms with Crippen molar-refractivity contribution in [1.29, 1.82) is 0 Å². The Hall–Kier alpha value is -1.40. The fourth-order valence-corrected chi connectivity index (χ4v) is 2.80. The van der Waals surface area contributed by atoms with E-state index in [-0.39, 0.29) is 0 Å². The highest BCUT2D eigenvalue weighted by atomic mass is 16.5. The second kappa shape index (κ2) is 7.40. The predicted molar refractivity (Wildman–Crippen MR) is 80.4 cm³/mol. The molecular weight excluding hydrogens is 254 g/mol. The molecule has 0 aliphatic carbocycles. The number of nitrogens with one attached hydrogen (secondary N) is 1. The van der Waals surface area contributed by atoms with Crippen molar-refractivity contribution in [2.24, 2.45) is 5.84 Å². The summed E-state index contributed by atoms with van der Waals surface area (Å²) < 4.78 is 5.14. The molecule has 1 aromatic rings. The Bertz CT molecular complexity index is 426. The molecule has 0 aromatic carbocycles. The van der Waals surface area contributed by atoms with E-state index < -0.39 is 0 Å². The summed E-state index contributed by atoms with van der Waals surface area (Å²) in [6.45, 7) is 3.68. The Morgan fingerprint density at radius 2 is 2.25 bits per heavy atom. The Kier molecular flexibility index (Phi) is 5.55. The molecule has 0 saturated carbocycles. The van der Waals surface area contributed by atoms with Gasteiger partial charge in [0.25, 0.3) is 0 Å². The van der Waals surface area contributed by atoms with Gasteiger partial charge in [-0.1, -0.05) is 19.8 Å². The second-order valence-corrected chi connectivity index (χ2v) is 5.21. The van der Waals surface area contributed by atoms with Crippen molar-refractivity contribution in [3.63, 3.8) is 0 Å². The number of aromatic nitrogens is 2. The average molecular weight is 279 g/mol. The summed E-state index contributed by atoms with van der Waals surface area (Å²) in [5, 5.41) is 0. The minimum atomic E-state index is 0.396. The van der Waals surface area contributed by atoms with E-state index in [0.717, 1.165) is 18.8 Å². The van der Waals surface area contributed by atoms with Gasteiger partial charge >= 0.3 is 0 Å². The van der Waals surface area contributed by atoms with Crippen molar-refractivity contribution < 1.29 is 4.74 Å². The van der Waals surface area contributed by atoms with Crippen molar-refractivity contribution in [3.8, 4) is 0 Å². The molecule has 1 fully saturated rings. The highest BCUT2D eigenvalue weighted by molar-refractivity contribution is 5.49. The number of ether oxygens (including phenoxy) is 1. The molecule has 3 N–H and O–H groups in total. The van der Waals surface area contributed by atoms with Gasteiger partial charge in [0.1, 0.15) is 18.2 Å². The third kappa shape index (κ3) is 3.58. The van der Waals surface area contributed by atoms with Gasteiger partial charge in [-0.3, -0.25) is 0 Å². The molecule has 1 saturated heterocycles. The molecule has 6 heteroatoms. The van der Waals surface area contributed by atoms with Crippen molar-refractivity contribution in [1.82, 2.24) is 9.97 Å². The Labute approximate surface area is 120 Å². The third-order valence-corrected chi connectivity index (χ3v) is 3.82. The SMILES string of the molecule is CCC1CCCCCN1c1cc(NN)nc(COC)n1. The van der Waals surface area contributed by atoms with E-state index in [1.165, 1.54) is 25.7 Å². The molecule has 0 radical (unpaired) electrons. The zero-order chi connectivity index (χ0) is 14.4. The molecule has 6 nitrogen and oxygen atoms in total. The first kappa shape index (κ1) is 15.0.